The highest BCUT2D eigenvalue weighted by molar-refractivity contribution is 5.95. The standard InChI is InChI=1S/C26H32N2O4/c1-17-18(2)25(28(19(17)3)16-21-8-7-9-22(14-21)30-4)26(29)27-13-12-20-10-11-23(31-5)24(15-20)32-6/h7-11,14-15H,12-13,16H2,1-6H3,(H,27,29). The van der Waals surface area contributed by atoms with E-state index in [9.17, 15) is 4.79 Å². The first-order valence-corrected chi connectivity index (χ1v) is 10.7. The van der Waals surface area contributed by atoms with Crippen molar-refractivity contribution < 1.29 is 19.0 Å². The van der Waals surface area contributed by atoms with E-state index in [2.05, 4.69) is 23.7 Å². The summed E-state index contributed by atoms with van der Waals surface area (Å²) in [6.45, 7) is 7.26. The summed E-state index contributed by atoms with van der Waals surface area (Å²) in [6, 6.07) is 13.7. The van der Waals surface area contributed by atoms with Gasteiger partial charge in [-0.15, -0.1) is 0 Å². The summed E-state index contributed by atoms with van der Waals surface area (Å²) in [6.07, 6.45) is 0.694. The Morgan fingerprint density at radius 3 is 2.31 bits per heavy atom. The molecule has 6 heteroatoms. The largest absolute Gasteiger partial charge is 0.497 e. The summed E-state index contributed by atoms with van der Waals surface area (Å²) >= 11 is 0. The number of benzene rings is 2. The number of amides is 1. The number of carbonyl (C=O) groups excluding carboxylic acids is 1. The van der Waals surface area contributed by atoms with E-state index in [1.165, 1.54) is 0 Å². The van der Waals surface area contributed by atoms with E-state index in [1.807, 2.05) is 49.4 Å². The predicted molar refractivity (Wildman–Crippen MR) is 126 cm³/mol. The number of nitrogens with zero attached hydrogens (tertiary/aromatic N) is 1. The molecule has 170 valence electrons. The SMILES string of the molecule is COc1cccc(Cn2c(C)c(C)c(C)c2C(=O)NCCc2ccc(OC)c(OC)c2)c1. The second-order valence-electron chi connectivity index (χ2n) is 7.82. The number of nitrogens with one attached hydrogen (secondary N) is 1. The Morgan fingerprint density at radius 2 is 1.62 bits per heavy atom. The molecule has 3 aromatic rings. The maximum absolute atomic E-state index is 13.2. The van der Waals surface area contributed by atoms with E-state index in [-0.39, 0.29) is 5.91 Å². The second-order valence-corrected chi connectivity index (χ2v) is 7.82. The molecule has 0 radical (unpaired) electrons. The normalized spacial score (nSPS) is 10.7. The van der Waals surface area contributed by atoms with Crippen LogP contribution in [0.1, 0.15) is 38.4 Å². The molecule has 0 saturated carbocycles. The fraction of sp³-hybridized carbons (Fsp3) is 0.346. The Balaban J connectivity index is 1.75. The molecule has 0 aliphatic heterocycles. The fourth-order valence-corrected chi connectivity index (χ4v) is 3.91. The van der Waals surface area contributed by atoms with Crippen LogP contribution in [0.2, 0.25) is 0 Å². The van der Waals surface area contributed by atoms with Gasteiger partial charge in [0.1, 0.15) is 11.4 Å². The Labute approximate surface area is 190 Å². The predicted octanol–water partition coefficient (Wildman–Crippen LogP) is 4.46. The average molecular weight is 437 g/mol. The molecule has 0 aliphatic carbocycles. The van der Waals surface area contributed by atoms with Gasteiger partial charge < -0.3 is 24.1 Å². The molecular formula is C26H32N2O4. The minimum Gasteiger partial charge on any atom is -0.497 e. The zero-order chi connectivity index (χ0) is 23.3. The monoisotopic (exact) mass is 436 g/mol. The van der Waals surface area contributed by atoms with Gasteiger partial charge in [0, 0.05) is 18.8 Å². The van der Waals surface area contributed by atoms with Gasteiger partial charge >= 0.3 is 0 Å². The van der Waals surface area contributed by atoms with Gasteiger partial charge in [0.25, 0.3) is 5.91 Å². The van der Waals surface area contributed by atoms with E-state index in [1.54, 1.807) is 21.3 Å². The number of hydrogen-bond acceptors (Lipinski definition) is 4. The van der Waals surface area contributed by atoms with Gasteiger partial charge in [-0.1, -0.05) is 18.2 Å². The second kappa shape index (κ2) is 10.3. The third kappa shape index (κ3) is 4.90. The number of ether oxygens (including phenoxy) is 3. The van der Waals surface area contributed by atoms with Gasteiger partial charge in [-0.2, -0.15) is 0 Å². The van der Waals surface area contributed by atoms with Crippen molar-refractivity contribution >= 4 is 5.91 Å². The highest BCUT2D eigenvalue weighted by Gasteiger charge is 2.20. The molecule has 1 N–H and O–H groups in total. The van der Waals surface area contributed by atoms with Crippen molar-refractivity contribution in [1.82, 2.24) is 9.88 Å². The molecule has 0 unspecified atom stereocenters. The van der Waals surface area contributed by atoms with Crippen LogP contribution in [0.25, 0.3) is 0 Å². The van der Waals surface area contributed by atoms with Crippen LogP contribution in [-0.2, 0) is 13.0 Å². The van der Waals surface area contributed by atoms with Gasteiger partial charge in [0.05, 0.1) is 21.3 Å². The van der Waals surface area contributed by atoms with E-state index >= 15 is 0 Å². The van der Waals surface area contributed by atoms with Crippen molar-refractivity contribution in [3.05, 3.63) is 76.1 Å². The van der Waals surface area contributed by atoms with Gasteiger partial charge in [-0.3, -0.25) is 4.79 Å². The van der Waals surface area contributed by atoms with Crippen molar-refractivity contribution in [2.24, 2.45) is 0 Å². The molecular weight excluding hydrogens is 404 g/mol. The molecule has 0 saturated heterocycles. The quantitative estimate of drug-likeness (QED) is 0.538. The van der Waals surface area contributed by atoms with Crippen LogP contribution in [-0.4, -0.2) is 38.3 Å². The average Bonchev–Trinajstić information content (AvgIpc) is 3.02. The summed E-state index contributed by atoms with van der Waals surface area (Å²) in [5, 5.41) is 3.09. The highest BCUT2D eigenvalue weighted by Crippen LogP contribution is 2.28. The molecule has 3 rings (SSSR count). The first-order valence-electron chi connectivity index (χ1n) is 10.7. The zero-order valence-electron chi connectivity index (χ0n) is 19.7. The maximum atomic E-state index is 13.2. The summed E-state index contributed by atoms with van der Waals surface area (Å²) < 4.78 is 18.1. The van der Waals surface area contributed by atoms with Gasteiger partial charge in [-0.05, 0) is 73.7 Å². The van der Waals surface area contributed by atoms with Crippen LogP contribution in [0, 0.1) is 20.8 Å². The molecule has 0 bridgehead atoms. The Hall–Kier alpha value is -3.41. The molecule has 0 aliphatic rings. The van der Waals surface area contributed by atoms with Crippen LogP contribution in [0.3, 0.4) is 0 Å². The van der Waals surface area contributed by atoms with Crippen LogP contribution in [0.15, 0.2) is 42.5 Å². The number of rotatable bonds is 9. The molecule has 1 aromatic heterocycles. The molecule has 1 heterocycles. The van der Waals surface area contributed by atoms with Gasteiger partial charge in [-0.25, -0.2) is 0 Å². The third-order valence-electron chi connectivity index (χ3n) is 5.97. The fourth-order valence-electron chi connectivity index (χ4n) is 3.91. The topological polar surface area (TPSA) is 61.7 Å². The first-order chi connectivity index (χ1) is 15.4. The minimum absolute atomic E-state index is 0.0675. The van der Waals surface area contributed by atoms with Crippen LogP contribution < -0.4 is 19.5 Å². The molecule has 0 fully saturated rings. The zero-order valence-corrected chi connectivity index (χ0v) is 19.7. The van der Waals surface area contributed by atoms with Crippen LogP contribution in [0.5, 0.6) is 17.2 Å². The van der Waals surface area contributed by atoms with Crippen LogP contribution in [0.4, 0.5) is 0 Å². The molecule has 0 atom stereocenters. The van der Waals surface area contributed by atoms with Gasteiger partial charge in [0.2, 0.25) is 0 Å². The van der Waals surface area contributed by atoms with Crippen LogP contribution >= 0.6 is 0 Å². The van der Waals surface area contributed by atoms with Crippen molar-refractivity contribution in [2.45, 2.75) is 33.7 Å². The summed E-state index contributed by atoms with van der Waals surface area (Å²) in [4.78, 5) is 13.2. The Morgan fingerprint density at radius 1 is 0.875 bits per heavy atom. The summed E-state index contributed by atoms with van der Waals surface area (Å²) in [7, 11) is 4.89. The summed E-state index contributed by atoms with van der Waals surface area (Å²) in [5.74, 6) is 2.12. The lowest BCUT2D eigenvalue weighted by Gasteiger charge is -2.14. The van der Waals surface area contributed by atoms with Crippen molar-refractivity contribution in [1.29, 1.82) is 0 Å². The minimum atomic E-state index is -0.0675. The van der Waals surface area contributed by atoms with E-state index in [4.69, 9.17) is 14.2 Å². The van der Waals surface area contributed by atoms with E-state index in [0.717, 1.165) is 33.7 Å². The number of hydrogen-bond donors (Lipinski definition) is 1. The van der Waals surface area contributed by atoms with Crippen molar-refractivity contribution in [3.8, 4) is 17.2 Å². The number of methoxy groups -OCH3 is 3. The summed E-state index contributed by atoms with van der Waals surface area (Å²) in [5.41, 5.74) is 6.10. The number of aromatic nitrogens is 1. The Bertz CT molecular complexity index is 1100. The van der Waals surface area contributed by atoms with Gasteiger partial charge in [0.15, 0.2) is 11.5 Å². The molecule has 32 heavy (non-hydrogen) atoms. The third-order valence-corrected chi connectivity index (χ3v) is 5.97. The van der Waals surface area contributed by atoms with E-state index in [0.29, 0.717) is 36.7 Å². The lowest BCUT2D eigenvalue weighted by molar-refractivity contribution is 0.0944. The highest BCUT2D eigenvalue weighted by atomic mass is 16.5. The van der Waals surface area contributed by atoms with E-state index < -0.39 is 0 Å². The maximum Gasteiger partial charge on any atom is 0.268 e. The van der Waals surface area contributed by atoms with Crippen molar-refractivity contribution in [3.63, 3.8) is 0 Å². The number of carbonyl (C=O) groups is 1. The molecule has 1 amide bonds. The smallest absolute Gasteiger partial charge is 0.268 e. The Kier molecular flexibility index (Phi) is 7.46. The first kappa shape index (κ1) is 23.3. The molecule has 2 aromatic carbocycles. The van der Waals surface area contributed by atoms with Crippen molar-refractivity contribution in [2.75, 3.05) is 27.9 Å². The lowest BCUT2D eigenvalue weighted by atomic mass is 10.1. The lowest BCUT2D eigenvalue weighted by Crippen LogP contribution is -2.29. The molecule has 6 nitrogen and oxygen atoms in total. The molecule has 0 spiro atoms.